The number of hydrogen-bond donors (Lipinski definition) is 1. The molecule has 1 aliphatic rings. The topological polar surface area (TPSA) is 4.44 Å². The number of piperidine rings is 1. The molecule has 1 saturated heterocycles. The van der Waals surface area contributed by atoms with Crippen molar-refractivity contribution >= 4 is 0 Å². The van der Waals surface area contributed by atoms with E-state index < -0.39 is 0 Å². The van der Waals surface area contributed by atoms with E-state index in [1.807, 2.05) is 4.90 Å². The van der Waals surface area contributed by atoms with Crippen LogP contribution in [0, 0.1) is 5.41 Å². The Labute approximate surface area is 83.5 Å². The maximum Gasteiger partial charge on any atom is 0.0848 e. The molecule has 1 aliphatic heterocycles. The summed E-state index contributed by atoms with van der Waals surface area (Å²) >= 11 is 0. The smallest absolute Gasteiger partial charge is 0.0848 e. The Bertz CT molecular complexity index is 147. The average Bonchev–Trinajstić information content (AvgIpc) is 1.95. The predicted molar refractivity (Wildman–Crippen MR) is 58.1 cm³/mol. The van der Waals surface area contributed by atoms with Crippen LogP contribution in [0.5, 0.6) is 0 Å². The van der Waals surface area contributed by atoms with E-state index in [4.69, 9.17) is 0 Å². The number of quaternary nitrogens is 1. The Morgan fingerprint density at radius 1 is 1.08 bits per heavy atom. The fourth-order valence-corrected chi connectivity index (χ4v) is 2.55. The second kappa shape index (κ2) is 4.00. The molecule has 2 atom stereocenters. The lowest BCUT2D eigenvalue weighted by molar-refractivity contribution is -0.956. The molecule has 1 heterocycles. The van der Waals surface area contributed by atoms with Crippen molar-refractivity contribution in [1.82, 2.24) is 0 Å². The maximum atomic E-state index is 2.41. The van der Waals surface area contributed by atoms with Crippen LogP contribution < -0.4 is 4.90 Å². The van der Waals surface area contributed by atoms with Crippen molar-refractivity contribution in [2.24, 2.45) is 5.41 Å². The SMILES string of the molecule is CC1CCCC(C)[NH+]1CC(C)(C)C. The molecule has 0 spiro atoms. The van der Waals surface area contributed by atoms with Crippen LogP contribution in [-0.4, -0.2) is 18.6 Å². The van der Waals surface area contributed by atoms with Gasteiger partial charge in [-0.2, -0.15) is 0 Å². The molecule has 0 aromatic rings. The molecule has 1 nitrogen and oxygen atoms in total. The summed E-state index contributed by atoms with van der Waals surface area (Å²) < 4.78 is 0. The Hall–Kier alpha value is -0.0400. The number of hydrogen-bond acceptors (Lipinski definition) is 0. The molecular weight excluding hydrogens is 158 g/mol. The second-order valence-electron chi connectivity index (χ2n) is 6.05. The lowest BCUT2D eigenvalue weighted by atomic mass is 9.90. The summed E-state index contributed by atoms with van der Waals surface area (Å²) in [5.41, 5.74) is 0.481. The highest BCUT2D eigenvalue weighted by molar-refractivity contribution is 4.66. The quantitative estimate of drug-likeness (QED) is 0.634. The zero-order valence-electron chi connectivity index (χ0n) is 9.98. The van der Waals surface area contributed by atoms with Crippen molar-refractivity contribution in [2.75, 3.05) is 6.54 Å². The van der Waals surface area contributed by atoms with Crippen LogP contribution in [0.15, 0.2) is 0 Å². The van der Waals surface area contributed by atoms with Crippen molar-refractivity contribution in [3.05, 3.63) is 0 Å². The molecule has 0 bridgehead atoms. The third-order valence-electron chi connectivity index (χ3n) is 3.27. The van der Waals surface area contributed by atoms with Crippen molar-refractivity contribution in [3.63, 3.8) is 0 Å². The minimum absolute atomic E-state index is 0.481. The summed E-state index contributed by atoms with van der Waals surface area (Å²) in [5.74, 6) is 0. The van der Waals surface area contributed by atoms with Gasteiger partial charge in [0.2, 0.25) is 0 Å². The van der Waals surface area contributed by atoms with Gasteiger partial charge in [0, 0.05) is 5.41 Å². The van der Waals surface area contributed by atoms with E-state index in [0.29, 0.717) is 5.41 Å². The number of rotatable bonds is 1. The lowest BCUT2D eigenvalue weighted by Gasteiger charge is -2.39. The van der Waals surface area contributed by atoms with Gasteiger partial charge < -0.3 is 4.90 Å². The van der Waals surface area contributed by atoms with E-state index in [0.717, 1.165) is 12.1 Å². The molecule has 0 aromatic heterocycles. The van der Waals surface area contributed by atoms with E-state index in [1.54, 1.807) is 0 Å². The van der Waals surface area contributed by atoms with Crippen molar-refractivity contribution < 1.29 is 4.90 Å². The fourth-order valence-electron chi connectivity index (χ4n) is 2.55. The summed E-state index contributed by atoms with van der Waals surface area (Å²) in [4.78, 5) is 1.83. The van der Waals surface area contributed by atoms with Gasteiger partial charge in [0.1, 0.15) is 0 Å². The van der Waals surface area contributed by atoms with Gasteiger partial charge >= 0.3 is 0 Å². The van der Waals surface area contributed by atoms with E-state index in [-0.39, 0.29) is 0 Å². The van der Waals surface area contributed by atoms with Crippen LogP contribution in [0.4, 0.5) is 0 Å². The lowest BCUT2D eigenvalue weighted by Crippen LogP contribution is -3.20. The zero-order chi connectivity index (χ0) is 10.1. The van der Waals surface area contributed by atoms with E-state index in [1.165, 1.54) is 25.8 Å². The Balaban J connectivity index is 2.54. The minimum atomic E-state index is 0.481. The van der Waals surface area contributed by atoms with Gasteiger partial charge in [0.25, 0.3) is 0 Å². The van der Waals surface area contributed by atoms with E-state index >= 15 is 0 Å². The van der Waals surface area contributed by atoms with Gasteiger partial charge in [-0.25, -0.2) is 0 Å². The van der Waals surface area contributed by atoms with Gasteiger partial charge in [0.15, 0.2) is 0 Å². The Morgan fingerprint density at radius 2 is 1.54 bits per heavy atom. The summed E-state index contributed by atoms with van der Waals surface area (Å²) in [6, 6.07) is 1.76. The first-order valence-electron chi connectivity index (χ1n) is 5.76. The Morgan fingerprint density at radius 3 is 1.92 bits per heavy atom. The molecule has 0 aliphatic carbocycles. The molecule has 78 valence electrons. The molecule has 0 saturated carbocycles. The first kappa shape index (κ1) is 11.0. The van der Waals surface area contributed by atoms with Crippen molar-refractivity contribution in [1.29, 1.82) is 0 Å². The molecule has 2 unspecified atom stereocenters. The molecule has 0 amide bonds. The third-order valence-corrected chi connectivity index (χ3v) is 3.27. The van der Waals surface area contributed by atoms with Gasteiger partial charge in [-0.1, -0.05) is 20.8 Å². The molecule has 1 heteroatoms. The van der Waals surface area contributed by atoms with Crippen LogP contribution >= 0.6 is 0 Å². The first-order chi connectivity index (χ1) is 5.90. The Kier molecular flexibility index (Phi) is 3.39. The van der Waals surface area contributed by atoms with Gasteiger partial charge in [-0.3, -0.25) is 0 Å². The highest BCUT2D eigenvalue weighted by atomic mass is 15.2. The molecular formula is C12H26N+. The molecule has 0 radical (unpaired) electrons. The fraction of sp³-hybridized carbons (Fsp3) is 1.00. The maximum absolute atomic E-state index is 2.41. The molecule has 1 N–H and O–H groups in total. The highest BCUT2D eigenvalue weighted by Gasteiger charge is 2.31. The summed E-state index contributed by atoms with van der Waals surface area (Å²) in [5, 5.41) is 0. The first-order valence-corrected chi connectivity index (χ1v) is 5.76. The highest BCUT2D eigenvalue weighted by Crippen LogP contribution is 2.13. The van der Waals surface area contributed by atoms with Gasteiger partial charge in [-0.15, -0.1) is 0 Å². The van der Waals surface area contributed by atoms with Crippen LogP contribution in [-0.2, 0) is 0 Å². The van der Waals surface area contributed by atoms with Crippen molar-refractivity contribution in [3.8, 4) is 0 Å². The molecule has 13 heavy (non-hydrogen) atoms. The minimum Gasteiger partial charge on any atom is -0.330 e. The van der Waals surface area contributed by atoms with Crippen LogP contribution in [0.25, 0.3) is 0 Å². The van der Waals surface area contributed by atoms with E-state index in [2.05, 4.69) is 34.6 Å². The third kappa shape index (κ3) is 3.30. The normalized spacial score (nSPS) is 36.2. The summed E-state index contributed by atoms with van der Waals surface area (Å²) in [7, 11) is 0. The van der Waals surface area contributed by atoms with Gasteiger partial charge in [-0.05, 0) is 33.1 Å². The standard InChI is InChI=1S/C12H25N/c1-10-7-6-8-11(2)13(10)9-12(3,4)5/h10-11H,6-9H2,1-5H3/p+1. The molecule has 0 aromatic carbocycles. The molecule has 1 rings (SSSR count). The monoisotopic (exact) mass is 184 g/mol. The largest absolute Gasteiger partial charge is 0.330 e. The van der Waals surface area contributed by atoms with Crippen LogP contribution in [0.2, 0.25) is 0 Å². The average molecular weight is 184 g/mol. The zero-order valence-corrected chi connectivity index (χ0v) is 9.98. The van der Waals surface area contributed by atoms with Crippen LogP contribution in [0.3, 0.4) is 0 Å². The number of likely N-dealkylation sites (tertiary alicyclic amines) is 1. The second-order valence-corrected chi connectivity index (χ2v) is 6.05. The summed E-state index contributed by atoms with van der Waals surface area (Å²) in [6.07, 6.45) is 4.29. The van der Waals surface area contributed by atoms with Crippen molar-refractivity contribution in [2.45, 2.75) is 66.0 Å². The predicted octanol–water partition coefficient (Wildman–Crippen LogP) is 1.88. The van der Waals surface area contributed by atoms with Crippen LogP contribution in [0.1, 0.15) is 53.9 Å². The molecule has 1 fully saturated rings. The van der Waals surface area contributed by atoms with E-state index in [9.17, 15) is 0 Å². The summed E-state index contributed by atoms with van der Waals surface area (Å²) in [6.45, 7) is 13.2. The number of nitrogens with one attached hydrogen (secondary N) is 1. The van der Waals surface area contributed by atoms with Gasteiger partial charge in [0.05, 0.1) is 18.6 Å².